The lowest BCUT2D eigenvalue weighted by Crippen LogP contribution is -2.55. The first-order valence-electron chi connectivity index (χ1n) is 10.1. The minimum atomic E-state index is -3.59. The number of hydrogen-bond donors (Lipinski definition) is 2. The molecule has 10 heteroatoms. The molecule has 1 fully saturated rings. The molecule has 2 aromatic rings. The molecule has 2 amide bonds. The third kappa shape index (κ3) is 5.84. The molecule has 32 heavy (non-hydrogen) atoms. The van der Waals surface area contributed by atoms with Crippen molar-refractivity contribution in [2.24, 2.45) is 0 Å². The molecular formula is C22H27N3O6S. The quantitative estimate of drug-likeness (QED) is 0.605. The Balaban J connectivity index is 1.72. The number of aliphatic hydroxyl groups excluding tert-OH is 1. The van der Waals surface area contributed by atoms with Gasteiger partial charge >= 0.3 is 0 Å². The summed E-state index contributed by atoms with van der Waals surface area (Å²) in [6, 6.07) is 14.7. The van der Waals surface area contributed by atoms with E-state index in [0.717, 1.165) is 0 Å². The molecular weight excluding hydrogens is 434 g/mol. The van der Waals surface area contributed by atoms with Crippen LogP contribution in [0.25, 0.3) is 0 Å². The molecule has 0 radical (unpaired) electrons. The number of nitrogens with one attached hydrogen (secondary N) is 1. The number of sulfonamides is 1. The summed E-state index contributed by atoms with van der Waals surface area (Å²) in [6.45, 7) is -0.760. The molecule has 2 unspecified atom stereocenters. The molecule has 2 atom stereocenters. The van der Waals surface area contributed by atoms with Gasteiger partial charge in [0.2, 0.25) is 21.8 Å². The second kappa shape index (κ2) is 10.1. The maximum Gasteiger partial charge on any atom is 0.249 e. The maximum atomic E-state index is 12.4. The number of anilines is 1. The summed E-state index contributed by atoms with van der Waals surface area (Å²) < 4.78 is 33.1. The number of morpholine rings is 1. The van der Waals surface area contributed by atoms with Crippen molar-refractivity contribution in [2.45, 2.75) is 17.9 Å². The van der Waals surface area contributed by atoms with E-state index in [2.05, 4.69) is 4.72 Å². The van der Waals surface area contributed by atoms with Crippen molar-refractivity contribution in [2.75, 3.05) is 38.6 Å². The Hall–Kier alpha value is -2.95. The monoisotopic (exact) mass is 461 g/mol. The van der Waals surface area contributed by atoms with Crippen LogP contribution >= 0.6 is 0 Å². The molecule has 0 aliphatic carbocycles. The molecule has 1 saturated heterocycles. The molecule has 3 rings (SSSR count). The molecule has 9 nitrogen and oxygen atoms in total. The van der Waals surface area contributed by atoms with Crippen LogP contribution in [-0.2, 0) is 30.1 Å². The van der Waals surface area contributed by atoms with Crippen LogP contribution in [0.3, 0.4) is 0 Å². The summed E-state index contributed by atoms with van der Waals surface area (Å²) in [5.74, 6) is -0.786. The first-order chi connectivity index (χ1) is 15.2. The van der Waals surface area contributed by atoms with Crippen LogP contribution in [0.5, 0.6) is 0 Å². The molecule has 2 N–H and O–H groups in total. The van der Waals surface area contributed by atoms with Crippen LogP contribution in [0, 0.1) is 0 Å². The number of ether oxygens (including phenoxy) is 1. The van der Waals surface area contributed by atoms with Crippen molar-refractivity contribution in [1.29, 1.82) is 0 Å². The number of carbonyl (C=O) groups is 2. The van der Waals surface area contributed by atoms with Crippen LogP contribution in [0.1, 0.15) is 17.2 Å². The van der Waals surface area contributed by atoms with Gasteiger partial charge in [0.05, 0.1) is 18.4 Å². The van der Waals surface area contributed by atoms with Gasteiger partial charge in [-0.2, -0.15) is 0 Å². The fraction of sp³-hybridized carbons (Fsp3) is 0.364. The van der Waals surface area contributed by atoms with E-state index in [1.165, 1.54) is 9.80 Å². The fourth-order valence-corrected chi connectivity index (χ4v) is 4.66. The van der Waals surface area contributed by atoms with Crippen LogP contribution in [0.15, 0.2) is 54.6 Å². The average molecular weight is 462 g/mol. The lowest BCUT2D eigenvalue weighted by Gasteiger charge is -2.40. The van der Waals surface area contributed by atoms with Crippen molar-refractivity contribution < 1.29 is 27.9 Å². The van der Waals surface area contributed by atoms with Gasteiger partial charge in [0.15, 0.2) is 0 Å². The summed E-state index contributed by atoms with van der Waals surface area (Å²) in [6.07, 6.45) is -0.650. The van der Waals surface area contributed by atoms with Gasteiger partial charge in [-0.25, -0.2) is 8.42 Å². The van der Waals surface area contributed by atoms with Crippen molar-refractivity contribution in [3.8, 4) is 0 Å². The molecule has 1 aliphatic heterocycles. The Bertz CT molecular complexity index is 1040. The zero-order valence-electron chi connectivity index (χ0n) is 18.0. The predicted octanol–water partition coefficient (Wildman–Crippen LogP) is 0.977. The number of nitrogens with zero attached hydrogens (tertiary/aromatic N) is 2. The Morgan fingerprint density at radius 3 is 2.41 bits per heavy atom. The van der Waals surface area contributed by atoms with E-state index in [9.17, 15) is 23.1 Å². The van der Waals surface area contributed by atoms with E-state index < -0.39 is 22.2 Å². The summed E-state index contributed by atoms with van der Waals surface area (Å²) in [5, 5.41) is 9.92. The Kier molecular flexibility index (Phi) is 7.49. The zero-order valence-corrected chi connectivity index (χ0v) is 18.8. The molecule has 0 saturated carbocycles. The second-order valence-electron chi connectivity index (χ2n) is 7.76. The number of rotatable bonds is 8. The molecule has 2 aromatic carbocycles. The minimum absolute atomic E-state index is 0.148. The average Bonchev–Trinajstić information content (AvgIpc) is 2.75. The standard InChI is InChI=1S/C22H27N3O6S/c1-24(2)20(27)12-25-19(13-26)22(31-14-21(25)28)17-8-10-18(11-9-17)23-32(29,30)15-16-6-4-3-5-7-16/h3-11,19,22-23,26H,12-15H2,1-2H3. The van der Waals surface area contributed by atoms with E-state index in [-0.39, 0.29) is 37.3 Å². The topological polar surface area (TPSA) is 116 Å². The van der Waals surface area contributed by atoms with Crippen LogP contribution in [0.4, 0.5) is 5.69 Å². The van der Waals surface area contributed by atoms with Crippen molar-refractivity contribution >= 4 is 27.5 Å². The molecule has 172 valence electrons. The largest absolute Gasteiger partial charge is 0.394 e. The molecule has 1 aliphatic rings. The molecule has 0 bridgehead atoms. The fourth-order valence-electron chi connectivity index (χ4n) is 3.46. The van der Waals surface area contributed by atoms with Crippen molar-refractivity contribution in [3.63, 3.8) is 0 Å². The number of likely N-dealkylation sites (N-methyl/N-ethyl adjacent to an activating group) is 1. The van der Waals surface area contributed by atoms with E-state index >= 15 is 0 Å². The van der Waals surface area contributed by atoms with E-state index in [0.29, 0.717) is 16.8 Å². The van der Waals surface area contributed by atoms with Crippen LogP contribution in [-0.4, -0.2) is 75.0 Å². The van der Waals surface area contributed by atoms with Gasteiger partial charge in [-0.3, -0.25) is 14.3 Å². The molecule has 0 aromatic heterocycles. The van der Waals surface area contributed by atoms with Crippen molar-refractivity contribution in [3.05, 3.63) is 65.7 Å². The smallest absolute Gasteiger partial charge is 0.249 e. The van der Waals surface area contributed by atoms with E-state index in [4.69, 9.17) is 4.74 Å². The highest BCUT2D eigenvalue weighted by atomic mass is 32.2. The Morgan fingerprint density at radius 1 is 1.16 bits per heavy atom. The second-order valence-corrected chi connectivity index (χ2v) is 9.48. The highest BCUT2D eigenvalue weighted by Crippen LogP contribution is 2.30. The van der Waals surface area contributed by atoms with Gasteiger partial charge in [0.1, 0.15) is 19.3 Å². The summed E-state index contributed by atoms with van der Waals surface area (Å²) in [5.41, 5.74) is 1.72. The molecule has 0 spiro atoms. The van der Waals surface area contributed by atoms with Gasteiger partial charge < -0.3 is 19.6 Å². The maximum absolute atomic E-state index is 12.4. The van der Waals surface area contributed by atoms with Gasteiger partial charge in [-0.05, 0) is 23.3 Å². The Morgan fingerprint density at radius 2 is 1.81 bits per heavy atom. The number of amides is 2. The third-order valence-electron chi connectivity index (χ3n) is 5.16. The van der Waals surface area contributed by atoms with Crippen LogP contribution in [0.2, 0.25) is 0 Å². The first kappa shape index (κ1) is 23.7. The minimum Gasteiger partial charge on any atom is -0.394 e. The molecule has 1 heterocycles. The lowest BCUT2D eigenvalue weighted by atomic mass is 9.99. The van der Waals surface area contributed by atoms with Gasteiger partial charge in [0.25, 0.3) is 0 Å². The van der Waals surface area contributed by atoms with Gasteiger partial charge in [-0.15, -0.1) is 0 Å². The number of aliphatic hydroxyl groups is 1. The van der Waals surface area contributed by atoms with Crippen molar-refractivity contribution in [1.82, 2.24) is 9.80 Å². The van der Waals surface area contributed by atoms with Crippen LogP contribution < -0.4 is 4.72 Å². The van der Waals surface area contributed by atoms with E-state index in [1.807, 2.05) is 6.07 Å². The highest BCUT2D eigenvalue weighted by molar-refractivity contribution is 7.91. The normalized spacial score (nSPS) is 19.0. The SMILES string of the molecule is CN(C)C(=O)CN1C(=O)COC(c2ccc(NS(=O)(=O)Cc3ccccc3)cc2)C1CO. The zero-order chi connectivity index (χ0) is 23.3. The van der Waals surface area contributed by atoms with Gasteiger partial charge in [-0.1, -0.05) is 42.5 Å². The first-order valence-corrected chi connectivity index (χ1v) is 11.7. The summed E-state index contributed by atoms with van der Waals surface area (Å²) >= 11 is 0. The summed E-state index contributed by atoms with van der Waals surface area (Å²) in [4.78, 5) is 27.1. The van der Waals surface area contributed by atoms with Gasteiger partial charge in [0, 0.05) is 19.8 Å². The lowest BCUT2D eigenvalue weighted by molar-refractivity contribution is -0.164. The summed E-state index contributed by atoms with van der Waals surface area (Å²) in [7, 11) is -0.408. The predicted molar refractivity (Wildman–Crippen MR) is 119 cm³/mol. The van der Waals surface area contributed by atoms with E-state index in [1.54, 1.807) is 62.6 Å². The Labute approximate surface area is 187 Å². The number of benzene rings is 2. The number of carbonyl (C=O) groups excluding carboxylic acids is 2. The third-order valence-corrected chi connectivity index (χ3v) is 6.42. The highest BCUT2D eigenvalue weighted by Gasteiger charge is 2.38. The number of hydrogen-bond acceptors (Lipinski definition) is 6.